The van der Waals surface area contributed by atoms with Crippen molar-refractivity contribution in [2.45, 2.75) is 13.3 Å². The molecule has 0 bridgehead atoms. The van der Waals surface area contributed by atoms with Crippen LogP contribution in [0.25, 0.3) is 11.0 Å². The Bertz CT molecular complexity index is 1380. The van der Waals surface area contributed by atoms with E-state index >= 15 is 0 Å². The molecule has 0 radical (unpaired) electrons. The van der Waals surface area contributed by atoms with Gasteiger partial charge in [-0.1, -0.05) is 48.3 Å². The van der Waals surface area contributed by atoms with Gasteiger partial charge in [-0.2, -0.15) is 0 Å². The van der Waals surface area contributed by atoms with Crippen LogP contribution in [0.5, 0.6) is 17.2 Å². The topological polar surface area (TPSA) is 77.8 Å². The van der Waals surface area contributed by atoms with Crippen LogP contribution in [0.1, 0.15) is 12.5 Å². The average Bonchev–Trinajstić information content (AvgIpc) is 2.82. The summed E-state index contributed by atoms with van der Waals surface area (Å²) in [5.41, 5.74) is 1.50. The van der Waals surface area contributed by atoms with Crippen molar-refractivity contribution < 1.29 is 18.7 Å². The molecule has 0 aliphatic rings. The number of anilines is 1. The number of fused-ring (bicyclic) bond motifs is 1. The number of carbonyl (C=O) groups is 1. The molecule has 0 fully saturated rings. The molecule has 3 aromatic carbocycles. The van der Waals surface area contributed by atoms with Crippen LogP contribution in [0.3, 0.4) is 0 Å². The smallest absolute Gasteiger partial charge is 0.262 e. The molecule has 0 atom stereocenters. The Kier molecular flexibility index (Phi) is 6.87. The van der Waals surface area contributed by atoms with Crippen molar-refractivity contribution in [2.75, 3.05) is 11.9 Å². The van der Waals surface area contributed by atoms with Gasteiger partial charge in [0.2, 0.25) is 11.2 Å². The molecule has 8 heteroatoms. The monoisotopic (exact) mass is 483 g/mol. The lowest BCUT2D eigenvalue weighted by Gasteiger charge is -2.10. The predicted octanol–water partition coefficient (Wildman–Crippen LogP) is 6.47. The van der Waals surface area contributed by atoms with Gasteiger partial charge in [0.15, 0.2) is 6.61 Å². The molecular formula is C25H19Cl2NO5. The summed E-state index contributed by atoms with van der Waals surface area (Å²) >= 11 is 11.8. The number of amides is 1. The molecule has 1 amide bonds. The predicted molar refractivity (Wildman–Crippen MR) is 129 cm³/mol. The molecular weight excluding hydrogens is 465 g/mol. The van der Waals surface area contributed by atoms with Crippen LogP contribution in [0, 0.1) is 0 Å². The van der Waals surface area contributed by atoms with Crippen molar-refractivity contribution in [1.29, 1.82) is 0 Å². The van der Waals surface area contributed by atoms with E-state index in [9.17, 15) is 9.59 Å². The van der Waals surface area contributed by atoms with E-state index in [2.05, 4.69) is 5.32 Å². The van der Waals surface area contributed by atoms with Crippen LogP contribution < -0.4 is 20.2 Å². The Morgan fingerprint density at radius 3 is 2.61 bits per heavy atom. The zero-order chi connectivity index (χ0) is 23.4. The third kappa shape index (κ3) is 5.30. The van der Waals surface area contributed by atoms with Gasteiger partial charge >= 0.3 is 0 Å². The highest BCUT2D eigenvalue weighted by atomic mass is 35.5. The van der Waals surface area contributed by atoms with Crippen LogP contribution >= 0.6 is 23.2 Å². The van der Waals surface area contributed by atoms with Gasteiger partial charge in [0.1, 0.15) is 23.3 Å². The fraction of sp³-hybridized carbons (Fsp3) is 0.120. The van der Waals surface area contributed by atoms with Gasteiger partial charge in [-0.25, -0.2) is 0 Å². The molecule has 4 aromatic rings. The minimum absolute atomic E-state index is 0.0954. The number of hydrogen-bond donors (Lipinski definition) is 1. The fourth-order valence-electron chi connectivity index (χ4n) is 3.18. The van der Waals surface area contributed by atoms with Gasteiger partial charge in [-0.05, 0) is 48.4 Å². The summed E-state index contributed by atoms with van der Waals surface area (Å²) in [5, 5.41) is 3.74. The molecule has 1 N–H and O–H groups in total. The molecule has 0 spiro atoms. The highest BCUT2D eigenvalue weighted by Gasteiger charge is 2.12. The van der Waals surface area contributed by atoms with E-state index in [0.717, 1.165) is 12.0 Å². The maximum Gasteiger partial charge on any atom is 0.262 e. The number of benzene rings is 3. The van der Waals surface area contributed by atoms with Crippen molar-refractivity contribution in [3.63, 3.8) is 0 Å². The molecule has 0 saturated carbocycles. The minimum Gasteiger partial charge on any atom is -0.484 e. The Balaban J connectivity index is 1.46. The van der Waals surface area contributed by atoms with E-state index in [1.807, 2.05) is 31.2 Å². The molecule has 0 unspecified atom stereocenters. The zero-order valence-electron chi connectivity index (χ0n) is 17.6. The maximum atomic E-state index is 12.9. The highest BCUT2D eigenvalue weighted by Crippen LogP contribution is 2.27. The van der Waals surface area contributed by atoms with Crippen LogP contribution in [0.15, 0.2) is 76.1 Å². The van der Waals surface area contributed by atoms with Crippen molar-refractivity contribution in [3.8, 4) is 17.2 Å². The van der Waals surface area contributed by atoms with E-state index in [1.54, 1.807) is 36.4 Å². The second-order valence-corrected chi connectivity index (χ2v) is 7.93. The van der Waals surface area contributed by atoms with Crippen LogP contribution in [-0.4, -0.2) is 12.5 Å². The van der Waals surface area contributed by atoms with Gasteiger partial charge in [0.25, 0.3) is 5.91 Å². The van der Waals surface area contributed by atoms with Crippen molar-refractivity contribution in [2.24, 2.45) is 0 Å². The van der Waals surface area contributed by atoms with Crippen molar-refractivity contribution in [3.05, 3.63) is 92.8 Å². The summed E-state index contributed by atoms with van der Waals surface area (Å²) in [4.78, 5) is 25.0. The summed E-state index contributed by atoms with van der Waals surface area (Å²) in [6.07, 6.45) is 2.05. The molecule has 0 aliphatic carbocycles. The lowest BCUT2D eigenvalue weighted by atomic mass is 10.1. The van der Waals surface area contributed by atoms with E-state index < -0.39 is 0 Å². The third-order valence-corrected chi connectivity index (χ3v) is 5.60. The van der Waals surface area contributed by atoms with Crippen LogP contribution in [0.4, 0.5) is 5.69 Å². The van der Waals surface area contributed by atoms with Crippen molar-refractivity contribution >= 4 is 45.8 Å². The third-order valence-electron chi connectivity index (χ3n) is 4.86. The van der Waals surface area contributed by atoms with E-state index in [0.29, 0.717) is 38.2 Å². The second-order valence-electron chi connectivity index (χ2n) is 7.12. The average molecular weight is 484 g/mol. The second kappa shape index (κ2) is 9.98. The summed E-state index contributed by atoms with van der Waals surface area (Å²) < 4.78 is 17.0. The number of carbonyl (C=O) groups excluding carboxylic acids is 1. The summed E-state index contributed by atoms with van der Waals surface area (Å²) in [7, 11) is 0. The summed E-state index contributed by atoms with van der Waals surface area (Å²) in [5.74, 6) is 0.700. The van der Waals surface area contributed by atoms with Gasteiger partial charge in [-0.3, -0.25) is 9.59 Å². The molecule has 0 saturated heterocycles. The highest BCUT2D eigenvalue weighted by molar-refractivity contribution is 6.42. The van der Waals surface area contributed by atoms with Crippen LogP contribution in [0.2, 0.25) is 10.0 Å². The molecule has 33 heavy (non-hydrogen) atoms. The minimum atomic E-state index is -0.381. The summed E-state index contributed by atoms with van der Waals surface area (Å²) in [6.45, 7) is 1.77. The van der Waals surface area contributed by atoms with E-state index in [4.69, 9.17) is 37.1 Å². The molecule has 168 valence electrons. The lowest BCUT2D eigenvalue weighted by Crippen LogP contribution is -2.20. The molecule has 4 rings (SSSR count). The standard InChI is InChI=1S/C25H19Cl2NO5/c1-2-15-5-3-4-6-21(15)33-23-13-32-22-12-17(8-9-18(22)25(23)30)31-14-24(29)28-16-7-10-19(26)20(27)11-16/h3-13H,2,14H2,1H3,(H,28,29). The quantitative estimate of drug-likeness (QED) is 0.325. The molecule has 6 nitrogen and oxygen atoms in total. The normalized spacial score (nSPS) is 10.8. The maximum absolute atomic E-state index is 12.9. The van der Waals surface area contributed by atoms with Gasteiger partial charge in [0, 0.05) is 11.8 Å². The number of rotatable bonds is 7. The number of para-hydroxylation sites is 1. The molecule has 1 aromatic heterocycles. The summed E-state index contributed by atoms with van der Waals surface area (Å²) in [6, 6.07) is 17.0. The zero-order valence-corrected chi connectivity index (χ0v) is 19.1. The lowest BCUT2D eigenvalue weighted by molar-refractivity contribution is -0.118. The number of hydrogen-bond acceptors (Lipinski definition) is 5. The van der Waals surface area contributed by atoms with E-state index in [1.165, 1.54) is 6.26 Å². The first-order valence-corrected chi connectivity index (χ1v) is 10.9. The number of nitrogens with one attached hydrogen (secondary N) is 1. The first-order valence-electron chi connectivity index (χ1n) is 10.1. The Labute approximate surface area is 199 Å². The largest absolute Gasteiger partial charge is 0.484 e. The first-order chi connectivity index (χ1) is 15.9. The molecule has 0 aliphatic heterocycles. The van der Waals surface area contributed by atoms with Gasteiger partial charge in [-0.15, -0.1) is 0 Å². The Morgan fingerprint density at radius 1 is 1.00 bits per heavy atom. The number of ether oxygens (including phenoxy) is 2. The SMILES string of the molecule is CCc1ccccc1Oc1coc2cc(OCC(=O)Nc3ccc(Cl)c(Cl)c3)ccc2c1=O. The van der Waals surface area contributed by atoms with Crippen molar-refractivity contribution in [1.82, 2.24) is 0 Å². The number of aryl methyl sites for hydroxylation is 1. The van der Waals surface area contributed by atoms with Crippen LogP contribution in [-0.2, 0) is 11.2 Å². The fourth-order valence-corrected chi connectivity index (χ4v) is 3.48. The number of halogens is 2. The Morgan fingerprint density at radius 2 is 1.82 bits per heavy atom. The van der Waals surface area contributed by atoms with Gasteiger partial charge in [0.05, 0.1) is 15.4 Å². The van der Waals surface area contributed by atoms with Gasteiger partial charge < -0.3 is 19.2 Å². The first kappa shape index (κ1) is 22.7. The molecule has 1 heterocycles. The van der Waals surface area contributed by atoms with E-state index in [-0.39, 0.29) is 23.7 Å². The Hall–Kier alpha value is -3.48.